The summed E-state index contributed by atoms with van der Waals surface area (Å²) in [7, 11) is 0. The van der Waals surface area contributed by atoms with Crippen molar-refractivity contribution in [2.24, 2.45) is 5.92 Å². The first-order chi connectivity index (χ1) is 9.33. The average Bonchev–Trinajstić information content (AvgIpc) is 2.37. The number of hydrogen-bond donors (Lipinski definition) is 1. The first-order valence-corrected chi connectivity index (χ1v) is 7.79. The zero-order valence-corrected chi connectivity index (χ0v) is 12.3. The molecule has 1 aliphatic carbocycles. The zero-order valence-electron chi connectivity index (χ0n) is 12.3. The second-order valence-electron chi connectivity index (χ2n) is 5.54. The van der Waals surface area contributed by atoms with Gasteiger partial charge in [-0.2, -0.15) is 0 Å². The summed E-state index contributed by atoms with van der Waals surface area (Å²) in [6.07, 6.45) is 6.71. The number of benzene rings is 1. The van der Waals surface area contributed by atoms with Gasteiger partial charge in [0.15, 0.2) is 0 Å². The van der Waals surface area contributed by atoms with E-state index in [2.05, 4.69) is 30.4 Å². The van der Waals surface area contributed by atoms with Crippen LogP contribution in [-0.2, 0) is 0 Å². The highest BCUT2D eigenvalue weighted by Crippen LogP contribution is 2.35. The Morgan fingerprint density at radius 2 is 2.16 bits per heavy atom. The minimum absolute atomic E-state index is 0.491. The second-order valence-corrected chi connectivity index (χ2v) is 5.54. The van der Waals surface area contributed by atoms with Gasteiger partial charge in [0.05, 0.1) is 6.61 Å². The summed E-state index contributed by atoms with van der Waals surface area (Å²) in [4.78, 5) is 0. The maximum absolute atomic E-state index is 5.62. The van der Waals surface area contributed by atoms with E-state index in [0.717, 1.165) is 24.8 Å². The molecule has 0 radical (unpaired) electrons. The van der Waals surface area contributed by atoms with Crippen molar-refractivity contribution in [1.29, 1.82) is 0 Å². The lowest BCUT2D eigenvalue weighted by atomic mass is 9.79. The molecule has 1 N–H and O–H groups in total. The van der Waals surface area contributed by atoms with Gasteiger partial charge in [-0.25, -0.2) is 0 Å². The third-order valence-electron chi connectivity index (χ3n) is 4.01. The predicted molar refractivity (Wildman–Crippen MR) is 80.6 cm³/mol. The Labute approximate surface area is 117 Å². The molecule has 1 aromatic carbocycles. The van der Waals surface area contributed by atoms with Crippen molar-refractivity contribution in [3.63, 3.8) is 0 Å². The largest absolute Gasteiger partial charge is 0.494 e. The van der Waals surface area contributed by atoms with Crippen LogP contribution in [0.3, 0.4) is 0 Å². The van der Waals surface area contributed by atoms with Gasteiger partial charge in [-0.1, -0.05) is 38.3 Å². The van der Waals surface area contributed by atoms with Crippen LogP contribution in [0.25, 0.3) is 0 Å². The molecule has 19 heavy (non-hydrogen) atoms. The van der Waals surface area contributed by atoms with Crippen LogP contribution in [0, 0.1) is 5.92 Å². The van der Waals surface area contributed by atoms with Gasteiger partial charge in [0, 0.05) is 6.04 Å². The molecule has 2 nitrogen and oxygen atoms in total. The molecular formula is C17H27NO. The molecule has 0 spiro atoms. The van der Waals surface area contributed by atoms with Crippen molar-refractivity contribution in [3.8, 4) is 5.75 Å². The van der Waals surface area contributed by atoms with Gasteiger partial charge in [0.25, 0.3) is 0 Å². The van der Waals surface area contributed by atoms with Crippen LogP contribution in [-0.4, -0.2) is 13.2 Å². The van der Waals surface area contributed by atoms with E-state index in [9.17, 15) is 0 Å². The molecule has 1 aliphatic rings. The molecule has 0 amide bonds. The van der Waals surface area contributed by atoms with E-state index in [1.165, 1.54) is 37.7 Å². The number of hydrogen-bond acceptors (Lipinski definition) is 2. The van der Waals surface area contributed by atoms with Crippen LogP contribution >= 0.6 is 0 Å². The third-order valence-corrected chi connectivity index (χ3v) is 4.01. The van der Waals surface area contributed by atoms with E-state index in [4.69, 9.17) is 4.74 Å². The minimum Gasteiger partial charge on any atom is -0.494 e. The van der Waals surface area contributed by atoms with Gasteiger partial charge >= 0.3 is 0 Å². The first-order valence-electron chi connectivity index (χ1n) is 7.79. The van der Waals surface area contributed by atoms with E-state index < -0.39 is 0 Å². The lowest BCUT2D eigenvalue weighted by Crippen LogP contribution is -2.26. The van der Waals surface area contributed by atoms with Gasteiger partial charge in [-0.3, -0.25) is 0 Å². The molecule has 1 unspecified atom stereocenters. The molecular weight excluding hydrogens is 234 g/mol. The van der Waals surface area contributed by atoms with Crippen molar-refractivity contribution in [2.45, 2.75) is 52.0 Å². The third kappa shape index (κ3) is 4.24. The van der Waals surface area contributed by atoms with Gasteiger partial charge in [0.2, 0.25) is 0 Å². The first kappa shape index (κ1) is 14.4. The topological polar surface area (TPSA) is 21.3 Å². The highest BCUT2D eigenvalue weighted by atomic mass is 16.5. The Kier molecular flexibility index (Phi) is 5.71. The van der Waals surface area contributed by atoms with Crippen molar-refractivity contribution >= 4 is 0 Å². The standard InChI is InChI=1S/C17H27NO/c1-3-11-18-17(12-14-7-5-8-14)15-9-6-10-16(13-15)19-4-2/h6,9-10,13-14,17-18H,3-5,7-8,11-12H2,1-2H3. The van der Waals surface area contributed by atoms with Crippen LogP contribution in [0.5, 0.6) is 5.75 Å². The minimum atomic E-state index is 0.491. The lowest BCUT2D eigenvalue weighted by molar-refractivity contribution is 0.260. The SMILES string of the molecule is CCCNC(CC1CCC1)c1cccc(OCC)c1. The highest BCUT2D eigenvalue weighted by Gasteiger charge is 2.22. The van der Waals surface area contributed by atoms with Gasteiger partial charge < -0.3 is 10.1 Å². The van der Waals surface area contributed by atoms with Crippen molar-refractivity contribution in [3.05, 3.63) is 29.8 Å². The summed E-state index contributed by atoms with van der Waals surface area (Å²) in [5.41, 5.74) is 1.38. The molecule has 106 valence electrons. The second kappa shape index (κ2) is 7.54. The number of rotatable bonds is 8. The fraction of sp³-hybridized carbons (Fsp3) is 0.647. The molecule has 0 saturated heterocycles. The fourth-order valence-electron chi connectivity index (χ4n) is 2.71. The molecule has 1 fully saturated rings. The average molecular weight is 261 g/mol. The number of ether oxygens (including phenoxy) is 1. The molecule has 1 aromatic rings. The maximum Gasteiger partial charge on any atom is 0.119 e. The van der Waals surface area contributed by atoms with Gasteiger partial charge in [-0.15, -0.1) is 0 Å². The van der Waals surface area contributed by atoms with Crippen LogP contribution < -0.4 is 10.1 Å². The van der Waals surface area contributed by atoms with Crippen LogP contribution in [0.2, 0.25) is 0 Å². The highest BCUT2D eigenvalue weighted by molar-refractivity contribution is 5.30. The molecule has 0 bridgehead atoms. The van der Waals surface area contributed by atoms with Crippen LogP contribution in [0.4, 0.5) is 0 Å². The normalized spacial score (nSPS) is 16.9. The molecule has 0 aliphatic heterocycles. The summed E-state index contributed by atoms with van der Waals surface area (Å²) in [6, 6.07) is 9.09. The summed E-state index contributed by atoms with van der Waals surface area (Å²) in [5.74, 6) is 1.92. The van der Waals surface area contributed by atoms with Gasteiger partial charge in [-0.05, 0) is 49.9 Å². The molecule has 0 aromatic heterocycles. The van der Waals surface area contributed by atoms with E-state index in [-0.39, 0.29) is 0 Å². The lowest BCUT2D eigenvalue weighted by Gasteiger charge is -2.30. The van der Waals surface area contributed by atoms with Gasteiger partial charge in [0.1, 0.15) is 5.75 Å². The Hall–Kier alpha value is -1.02. The molecule has 1 atom stereocenters. The molecule has 2 heteroatoms. The maximum atomic E-state index is 5.62. The summed E-state index contributed by atoms with van der Waals surface area (Å²) < 4.78 is 5.62. The molecule has 0 heterocycles. The Bertz CT molecular complexity index is 373. The fourth-order valence-corrected chi connectivity index (χ4v) is 2.71. The van der Waals surface area contributed by atoms with Crippen molar-refractivity contribution in [2.75, 3.05) is 13.2 Å². The van der Waals surface area contributed by atoms with E-state index in [1.54, 1.807) is 0 Å². The Morgan fingerprint density at radius 3 is 2.79 bits per heavy atom. The zero-order chi connectivity index (χ0) is 13.5. The van der Waals surface area contributed by atoms with Crippen molar-refractivity contribution < 1.29 is 4.74 Å². The van der Waals surface area contributed by atoms with Crippen LogP contribution in [0.15, 0.2) is 24.3 Å². The Balaban J connectivity index is 2.03. The van der Waals surface area contributed by atoms with Crippen LogP contribution in [0.1, 0.15) is 57.6 Å². The van der Waals surface area contributed by atoms with Crippen molar-refractivity contribution in [1.82, 2.24) is 5.32 Å². The molecule has 2 rings (SSSR count). The van der Waals surface area contributed by atoms with E-state index in [1.807, 2.05) is 13.0 Å². The smallest absolute Gasteiger partial charge is 0.119 e. The van der Waals surface area contributed by atoms with E-state index >= 15 is 0 Å². The monoisotopic (exact) mass is 261 g/mol. The predicted octanol–water partition coefficient (Wildman–Crippen LogP) is 4.32. The van der Waals surface area contributed by atoms with E-state index in [0.29, 0.717) is 6.04 Å². The number of nitrogens with one attached hydrogen (secondary N) is 1. The molecule has 1 saturated carbocycles. The quantitative estimate of drug-likeness (QED) is 0.752. The summed E-state index contributed by atoms with van der Waals surface area (Å²) >= 11 is 0. The Morgan fingerprint density at radius 1 is 1.32 bits per heavy atom. The summed E-state index contributed by atoms with van der Waals surface area (Å²) in [5, 5.41) is 3.70. The summed E-state index contributed by atoms with van der Waals surface area (Å²) in [6.45, 7) is 6.09.